The SMILES string of the molecule is COC(=O)C1CCCN(c2c(F)cc(C(N)=S)cc2F)C1. The minimum Gasteiger partial charge on any atom is -0.469 e. The van der Waals surface area contributed by atoms with Crippen molar-refractivity contribution in [3.8, 4) is 0 Å². The van der Waals surface area contributed by atoms with Gasteiger partial charge >= 0.3 is 5.97 Å². The van der Waals surface area contributed by atoms with E-state index in [1.165, 1.54) is 12.0 Å². The van der Waals surface area contributed by atoms with E-state index < -0.39 is 11.6 Å². The summed E-state index contributed by atoms with van der Waals surface area (Å²) >= 11 is 4.72. The highest BCUT2D eigenvalue weighted by Gasteiger charge is 2.29. The van der Waals surface area contributed by atoms with Crippen LogP contribution in [-0.2, 0) is 9.53 Å². The second kappa shape index (κ2) is 6.34. The van der Waals surface area contributed by atoms with E-state index in [1.807, 2.05) is 0 Å². The molecular formula is C14H16F2N2O2S. The summed E-state index contributed by atoms with van der Waals surface area (Å²) in [4.78, 5) is 13.0. The number of halogens is 2. The van der Waals surface area contributed by atoms with Crippen LogP contribution in [0.5, 0.6) is 0 Å². The highest BCUT2D eigenvalue weighted by atomic mass is 32.1. The van der Waals surface area contributed by atoms with E-state index in [0.717, 1.165) is 12.1 Å². The summed E-state index contributed by atoms with van der Waals surface area (Å²) in [5.74, 6) is -2.20. The van der Waals surface area contributed by atoms with Crippen LogP contribution in [-0.4, -0.2) is 31.2 Å². The van der Waals surface area contributed by atoms with Crippen LogP contribution in [0.2, 0.25) is 0 Å². The van der Waals surface area contributed by atoms with Crippen LogP contribution >= 0.6 is 12.2 Å². The predicted molar refractivity (Wildman–Crippen MR) is 79.2 cm³/mol. The van der Waals surface area contributed by atoms with Gasteiger partial charge in [0.05, 0.1) is 13.0 Å². The van der Waals surface area contributed by atoms with Crippen molar-refractivity contribution in [3.63, 3.8) is 0 Å². The quantitative estimate of drug-likeness (QED) is 0.683. The number of nitrogens with two attached hydrogens (primary N) is 1. The number of carbonyl (C=O) groups excluding carboxylic acids is 1. The van der Waals surface area contributed by atoms with Gasteiger partial charge in [0.1, 0.15) is 22.3 Å². The van der Waals surface area contributed by atoms with Crippen molar-refractivity contribution in [1.82, 2.24) is 0 Å². The van der Waals surface area contributed by atoms with E-state index in [4.69, 9.17) is 22.7 Å². The van der Waals surface area contributed by atoms with Gasteiger partial charge in [0, 0.05) is 18.7 Å². The Morgan fingerprint density at radius 1 is 1.43 bits per heavy atom. The maximum atomic E-state index is 14.2. The van der Waals surface area contributed by atoms with E-state index in [2.05, 4.69) is 0 Å². The summed E-state index contributed by atoms with van der Waals surface area (Å²) in [6.45, 7) is 0.709. The molecule has 0 bridgehead atoms. The van der Waals surface area contributed by atoms with Gasteiger partial charge in [-0.3, -0.25) is 4.79 Å². The molecule has 7 heteroatoms. The van der Waals surface area contributed by atoms with Crippen LogP contribution in [0.15, 0.2) is 12.1 Å². The van der Waals surface area contributed by atoms with Gasteiger partial charge in [0.25, 0.3) is 0 Å². The summed E-state index contributed by atoms with van der Waals surface area (Å²) in [6, 6.07) is 2.23. The van der Waals surface area contributed by atoms with E-state index >= 15 is 0 Å². The molecule has 114 valence electrons. The van der Waals surface area contributed by atoms with Crippen LogP contribution < -0.4 is 10.6 Å². The summed E-state index contributed by atoms with van der Waals surface area (Å²) in [5.41, 5.74) is 5.38. The number of carbonyl (C=O) groups is 1. The predicted octanol–water partition coefficient (Wildman–Crippen LogP) is 1.99. The molecule has 21 heavy (non-hydrogen) atoms. The Balaban J connectivity index is 2.29. The molecule has 4 nitrogen and oxygen atoms in total. The van der Waals surface area contributed by atoms with Gasteiger partial charge in [-0.25, -0.2) is 8.78 Å². The van der Waals surface area contributed by atoms with Gasteiger partial charge in [-0.05, 0) is 25.0 Å². The Hall–Kier alpha value is -1.76. The fraction of sp³-hybridized carbons (Fsp3) is 0.429. The summed E-state index contributed by atoms with van der Waals surface area (Å²) in [5, 5.41) is 0. The first kappa shape index (κ1) is 15.6. The molecule has 2 rings (SSSR count). The van der Waals surface area contributed by atoms with Gasteiger partial charge in [-0.2, -0.15) is 0 Å². The van der Waals surface area contributed by atoms with Crippen molar-refractivity contribution in [2.24, 2.45) is 11.7 Å². The van der Waals surface area contributed by atoms with Crippen LogP contribution in [0.25, 0.3) is 0 Å². The van der Waals surface area contributed by atoms with Gasteiger partial charge in [0.2, 0.25) is 0 Å². The van der Waals surface area contributed by atoms with Crippen molar-refractivity contribution in [2.75, 3.05) is 25.1 Å². The third-order valence-electron chi connectivity index (χ3n) is 3.57. The molecule has 1 heterocycles. The van der Waals surface area contributed by atoms with E-state index in [9.17, 15) is 13.6 Å². The number of piperidine rings is 1. The lowest BCUT2D eigenvalue weighted by Crippen LogP contribution is -2.40. The maximum absolute atomic E-state index is 14.2. The number of ether oxygens (including phenoxy) is 1. The molecule has 0 spiro atoms. The Kier molecular flexibility index (Phi) is 4.72. The van der Waals surface area contributed by atoms with Gasteiger partial charge < -0.3 is 15.4 Å². The zero-order chi connectivity index (χ0) is 15.6. The first-order valence-corrected chi connectivity index (χ1v) is 6.96. The van der Waals surface area contributed by atoms with E-state index in [-0.39, 0.29) is 34.7 Å². The number of benzene rings is 1. The molecule has 0 amide bonds. The molecule has 1 unspecified atom stereocenters. The average Bonchev–Trinajstić information content (AvgIpc) is 2.45. The van der Waals surface area contributed by atoms with Crippen molar-refractivity contribution >= 4 is 28.9 Å². The first-order valence-electron chi connectivity index (χ1n) is 6.55. The molecule has 0 aromatic heterocycles. The maximum Gasteiger partial charge on any atom is 0.310 e. The number of nitrogens with zero attached hydrogens (tertiary/aromatic N) is 1. The van der Waals surface area contributed by atoms with E-state index in [0.29, 0.717) is 19.4 Å². The summed E-state index contributed by atoms with van der Waals surface area (Å²) in [7, 11) is 1.30. The van der Waals surface area contributed by atoms with Crippen molar-refractivity contribution in [2.45, 2.75) is 12.8 Å². The Morgan fingerprint density at radius 2 is 2.05 bits per heavy atom. The molecule has 1 aliphatic heterocycles. The number of hydrogen-bond acceptors (Lipinski definition) is 4. The van der Waals surface area contributed by atoms with Gasteiger partial charge in [0.15, 0.2) is 0 Å². The second-order valence-corrected chi connectivity index (χ2v) is 5.40. The molecule has 0 radical (unpaired) electrons. The zero-order valence-electron chi connectivity index (χ0n) is 11.6. The molecule has 1 atom stereocenters. The smallest absolute Gasteiger partial charge is 0.310 e. The molecule has 1 saturated heterocycles. The van der Waals surface area contributed by atoms with Gasteiger partial charge in [-0.15, -0.1) is 0 Å². The fourth-order valence-electron chi connectivity index (χ4n) is 2.55. The molecule has 0 aliphatic carbocycles. The molecule has 2 N–H and O–H groups in total. The number of thiocarbonyl (C=S) groups is 1. The number of methoxy groups -OCH3 is 1. The number of anilines is 1. The third kappa shape index (κ3) is 3.29. The largest absolute Gasteiger partial charge is 0.469 e. The topological polar surface area (TPSA) is 55.6 Å². The Morgan fingerprint density at radius 3 is 2.57 bits per heavy atom. The lowest BCUT2D eigenvalue weighted by atomic mass is 9.97. The molecule has 1 fully saturated rings. The second-order valence-electron chi connectivity index (χ2n) is 4.96. The van der Waals surface area contributed by atoms with Crippen LogP contribution in [0.4, 0.5) is 14.5 Å². The number of esters is 1. The zero-order valence-corrected chi connectivity index (χ0v) is 12.4. The van der Waals surface area contributed by atoms with Gasteiger partial charge in [-0.1, -0.05) is 12.2 Å². The number of hydrogen-bond donors (Lipinski definition) is 1. The fourth-order valence-corrected chi connectivity index (χ4v) is 2.67. The Labute approximate surface area is 126 Å². The minimum absolute atomic E-state index is 0.0644. The molecule has 1 aromatic rings. The van der Waals surface area contributed by atoms with Crippen molar-refractivity contribution in [3.05, 3.63) is 29.3 Å². The summed E-state index contributed by atoms with van der Waals surface area (Å²) < 4.78 is 33.0. The van der Waals surface area contributed by atoms with E-state index in [1.54, 1.807) is 0 Å². The highest BCUT2D eigenvalue weighted by Crippen LogP contribution is 2.29. The lowest BCUT2D eigenvalue weighted by molar-refractivity contribution is -0.145. The summed E-state index contributed by atoms with van der Waals surface area (Å²) in [6.07, 6.45) is 1.31. The third-order valence-corrected chi connectivity index (χ3v) is 3.81. The average molecular weight is 314 g/mol. The standard InChI is InChI=1S/C14H16F2N2O2S/c1-20-14(19)8-3-2-4-18(7-8)12-10(15)5-9(13(17)21)6-11(12)16/h5-6,8H,2-4,7H2,1H3,(H2,17,21). The van der Waals surface area contributed by atoms with Crippen LogP contribution in [0, 0.1) is 17.6 Å². The van der Waals surface area contributed by atoms with Crippen molar-refractivity contribution in [1.29, 1.82) is 0 Å². The molecule has 0 saturated carbocycles. The number of rotatable bonds is 3. The Bertz CT molecular complexity index is 557. The molecular weight excluding hydrogens is 298 g/mol. The molecule has 1 aromatic carbocycles. The normalized spacial score (nSPS) is 18.4. The lowest BCUT2D eigenvalue weighted by Gasteiger charge is -2.33. The van der Waals surface area contributed by atoms with Crippen LogP contribution in [0.3, 0.4) is 0 Å². The monoisotopic (exact) mass is 314 g/mol. The van der Waals surface area contributed by atoms with Crippen LogP contribution in [0.1, 0.15) is 18.4 Å². The van der Waals surface area contributed by atoms with Crippen molar-refractivity contribution < 1.29 is 18.3 Å². The first-order chi connectivity index (χ1) is 9.93. The molecule has 1 aliphatic rings. The highest BCUT2D eigenvalue weighted by molar-refractivity contribution is 7.80. The minimum atomic E-state index is -0.733.